The highest BCUT2D eigenvalue weighted by Gasteiger charge is 2.17. The van der Waals surface area contributed by atoms with Crippen molar-refractivity contribution in [3.8, 4) is 0 Å². The topological polar surface area (TPSA) is 93.5 Å². The fourth-order valence-electron chi connectivity index (χ4n) is 2.59. The van der Waals surface area contributed by atoms with E-state index in [-0.39, 0.29) is 24.3 Å². The second kappa shape index (κ2) is 9.25. The van der Waals surface area contributed by atoms with Crippen LogP contribution in [0.25, 0.3) is 0 Å². The number of ether oxygens (including phenoxy) is 1. The molecule has 0 fully saturated rings. The molecule has 2 aromatic carbocycles. The fourth-order valence-corrected chi connectivity index (χ4v) is 2.72. The zero-order valence-electron chi connectivity index (χ0n) is 15.9. The molecule has 1 atom stereocenters. The average Bonchev–Trinajstić information content (AvgIpc) is 3.14. The van der Waals surface area contributed by atoms with Crippen molar-refractivity contribution in [2.75, 3.05) is 5.32 Å². The van der Waals surface area contributed by atoms with Crippen molar-refractivity contribution in [1.29, 1.82) is 0 Å². The van der Waals surface area contributed by atoms with E-state index in [1.807, 2.05) is 19.1 Å². The molecule has 150 valence electrons. The summed E-state index contributed by atoms with van der Waals surface area (Å²) in [6, 6.07) is 13.9. The summed E-state index contributed by atoms with van der Waals surface area (Å²) in [5.41, 5.74) is 2.97. The van der Waals surface area contributed by atoms with E-state index in [0.717, 1.165) is 11.1 Å². The van der Waals surface area contributed by atoms with E-state index in [2.05, 4.69) is 15.8 Å². The molecule has 0 saturated heterocycles. The lowest BCUT2D eigenvalue weighted by Crippen LogP contribution is -2.26. The predicted octanol–water partition coefficient (Wildman–Crippen LogP) is 4.88. The van der Waals surface area contributed by atoms with Gasteiger partial charge in [0.05, 0.1) is 12.2 Å². The van der Waals surface area contributed by atoms with Gasteiger partial charge in [-0.3, -0.25) is 10.1 Å². The molecule has 3 rings (SSSR count). The van der Waals surface area contributed by atoms with E-state index in [9.17, 15) is 9.59 Å². The van der Waals surface area contributed by atoms with Crippen LogP contribution in [0.3, 0.4) is 0 Å². The minimum absolute atomic E-state index is 0.144. The van der Waals surface area contributed by atoms with E-state index in [0.29, 0.717) is 16.3 Å². The number of carbonyl (C=O) groups excluding carboxylic acids is 2. The van der Waals surface area contributed by atoms with Crippen LogP contribution in [0, 0.1) is 6.92 Å². The molecule has 0 aliphatic heterocycles. The van der Waals surface area contributed by atoms with Crippen LogP contribution in [0.4, 0.5) is 10.5 Å². The zero-order chi connectivity index (χ0) is 20.8. The summed E-state index contributed by atoms with van der Waals surface area (Å²) in [6.45, 7) is 3.75. The van der Waals surface area contributed by atoms with Crippen LogP contribution < -0.4 is 10.6 Å². The van der Waals surface area contributed by atoms with Gasteiger partial charge in [-0.1, -0.05) is 41.0 Å². The summed E-state index contributed by atoms with van der Waals surface area (Å²) < 4.78 is 10.1. The van der Waals surface area contributed by atoms with Gasteiger partial charge in [0, 0.05) is 16.3 Å². The van der Waals surface area contributed by atoms with Gasteiger partial charge in [-0.25, -0.2) is 4.79 Å². The Kier molecular flexibility index (Phi) is 6.51. The lowest BCUT2D eigenvalue weighted by Gasteiger charge is -2.14. The van der Waals surface area contributed by atoms with Gasteiger partial charge in [-0.15, -0.1) is 0 Å². The second-order valence-corrected chi connectivity index (χ2v) is 6.92. The molecule has 1 aromatic heterocycles. The molecular weight excluding hydrogens is 394 g/mol. The third kappa shape index (κ3) is 5.58. The first-order chi connectivity index (χ1) is 13.9. The van der Waals surface area contributed by atoms with Crippen molar-refractivity contribution < 1.29 is 18.8 Å². The van der Waals surface area contributed by atoms with Crippen molar-refractivity contribution in [2.24, 2.45) is 0 Å². The van der Waals surface area contributed by atoms with Crippen molar-refractivity contribution >= 4 is 29.3 Å². The molecule has 29 heavy (non-hydrogen) atoms. The lowest BCUT2D eigenvalue weighted by atomic mass is 10.1. The molecule has 3 aromatic rings. The lowest BCUT2D eigenvalue weighted by molar-refractivity contribution is 0.0901. The van der Waals surface area contributed by atoms with Gasteiger partial charge < -0.3 is 14.6 Å². The van der Waals surface area contributed by atoms with Gasteiger partial charge in [0.15, 0.2) is 0 Å². The molecule has 1 heterocycles. The van der Waals surface area contributed by atoms with E-state index < -0.39 is 6.09 Å². The Hall–Kier alpha value is -3.32. The maximum atomic E-state index is 12.2. The molecular formula is C21H20ClN3O4. The monoisotopic (exact) mass is 413 g/mol. The maximum Gasteiger partial charge on any atom is 0.411 e. The number of anilines is 1. The largest absolute Gasteiger partial charge is 0.444 e. The highest BCUT2D eigenvalue weighted by molar-refractivity contribution is 6.30. The smallest absolute Gasteiger partial charge is 0.411 e. The molecule has 8 heteroatoms. The SMILES string of the molecule is Cc1cnoc1C(=O)NC(C)c1ccc(NC(=O)OCc2ccc(Cl)cc2)cc1. The number of hydrogen-bond donors (Lipinski definition) is 2. The maximum absolute atomic E-state index is 12.2. The minimum Gasteiger partial charge on any atom is -0.444 e. The Morgan fingerprint density at radius 1 is 1.14 bits per heavy atom. The summed E-state index contributed by atoms with van der Waals surface area (Å²) in [5.74, 6) is -0.140. The predicted molar refractivity (Wildman–Crippen MR) is 109 cm³/mol. The van der Waals surface area contributed by atoms with Crippen LogP contribution in [-0.2, 0) is 11.3 Å². The average molecular weight is 414 g/mol. The number of rotatable bonds is 6. The Labute approximate surface area is 173 Å². The highest BCUT2D eigenvalue weighted by Crippen LogP contribution is 2.18. The summed E-state index contributed by atoms with van der Waals surface area (Å²) in [6.07, 6.45) is 0.932. The molecule has 0 radical (unpaired) electrons. The first-order valence-electron chi connectivity index (χ1n) is 8.92. The molecule has 2 N–H and O–H groups in total. The summed E-state index contributed by atoms with van der Waals surface area (Å²) in [7, 11) is 0. The third-order valence-corrected chi connectivity index (χ3v) is 4.49. The fraction of sp³-hybridized carbons (Fsp3) is 0.190. The molecule has 2 amide bonds. The van der Waals surface area contributed by atoms with E-state index in [1.54, 1.807) is 43.3 Å². The van der Waals surface area contributed by atoms with Gasteiger partial charge in [-0.05, 0) is 49.2 Å². The number of benzene rings is 2. The number of nitrogens with one attached hydrogen (secondary N) is 2. The first-order valence-corrected chi connectivity index (χ1v) is 9.30. The van der Waals surface area contributed by atoms with Crippen LogP contribution in [-0.4, -0.2) is 17.2 Å². The summed E-state index contributed by atoms with van der Waals surface area (Å²) >= 11 is 5.83. The summed E-state index contributed by atoms with van der Waals surface area (Å²) in [4.78, 5) is 24.2. The number of amides is 2. The quantitative estimate of drug-likeness (QED) is 0.600. The minimum atomic E-state index is -0.560. The van der Waals surface area contributed by atoms with Gasteiger partial charge >= 0.3 is 6.09 Å². The van der Waals surface area contributed by atoms with Gasteiger partial charge in [-0.2, -0.15) is 0 Å². The Morgan fingerprint density at radius 3 is 2.45 bits per heavy atom. The number of aromatic nitrogens is 1. The van der Waals surface area contributed by atoms with Crippen molar-refractivity contribution in [3.63, 3.8) is 0 Å². The number of aryl methyl sites for hydroxylation is 1. The van der Waals surface area contributed by atoms with Gasteiger partial charge in [0.1, 0.15) is 6.61 Å². The third-order valence-electron chi connectivity index (χ3n) is 4.24. The van der Waals surface area contributed by atoms with Crippen LogP contribution in [0.15, 0.2) is 59.3 Å². The molecule has 0 bridgehead atoms. The zero-order valence-corrected chi connectivity index (χ0v) is 16.7. The highest BCUT2D eigenvalue weighted by atomic mass is 35.5. The molecule has 1 unspecified atom stereocenters. The first kappa shape index (κ1) is 20.4. The van der Waals surface area contributed by atoms with Crippen molar-refractivity contribution in [1.82, 2.24) is 10.5 Å². The Bertz CT molecular complexity index is 984. The van der Waals surface area contributed by atoms with Crippen LogP contribution in [0.5, 0.6) is 0 Å². The number of nitrogens with zero attached hydrogens (tertiary/aromatic N) is 1. The summed E-state index contributed by atoms with van der Waals surface area (Å²) in [5, 5.41) is 9.74. The molecule has 0 aliphatic rings. The van der Waals surface area contributed by atoms with Crippen LogP contribution in [0.1, 0.15) is 40.2 Å². The van der Waals surface area contributed by atoms with Crippen LogP contribution >= 0.6 is 11.6 Å². The Morgan fingerprint density at radius 2 is 1.83 bits per heavy atom. The molecule has 0 saturated carbocycles. The van der Waals surface area contributed by atoms with Gasteiger partial charge in [0.2, 0.25) is 5.76 Å². The van der Waals surface area contributed by atoms with E-state index >= 15 is 0 Å². The van der Waals surface area contributed by atoms with Crippen LogP contribution in [0.2, 0.25) is 5.02 Å². The molecule has 7 nitrogen and oxygen atoms in total. The standard InChI is InChI=1S/C21H20ClN3O4/c1-13-11-23-29-19(13)20(26)24-14(2)16-5-9-18(10-6-16)25-21(27)28-12-15-3-7-17(22)8-4-15/h3-11,14H,12H2,1-2H3,(H,24,26)(H,25,27). The number of halogens is 1. The van der Waals surface area contributed by atoms with Gasteiger partial charge in [0.25, 0.3) is 5.91 Å². The van der Waals surface area contributed by atoms with Crippen molar-refractivity contribution in [2.45, 2.75) is 26.5 Å². The Balaban J connectivity index is 1.51. The number of carbonyl (C=O) groups is 2. The normalized spacial score (nSPS) is 11.6. The molecule has 0 aliphatic carbocycles. The second-order valence-electron chi connectivity index (χ2n) is 6.48. The molecule has 0 spiro atoms. The van der Waals surface area contributed by atoms with E-state index in [4.69, 9.17) is 20.9 Å². The van der Waals surface area contributed by atoms with Crippen molar-refractivity contribution in [3.05, 3.63) is 82.2 Å². The van der Waals surface area contributed by atoms with E-state index in [1.165, 1.54) is 6.20 Å². The number of hydrogen-bond acceptors (Lipinski definition) is 5.